The molecule has 1 aliphatic carbocycles. The highest BCUT2D eigenvalue weighted by atomic mass is 79.9. The third kappa shape index (κ3) is 3.26. The van der Waals surface area contributed by atoms with Gasteiger partial charge in [0, 0.05) is 28.6 Å². The average molecular weight is 340 g/mol. The van der Waals surface area contributed by atoms with E-state index in [1.54, 1.807) is 0 Å². The van der Waals surface area contributed by atoms with Gasteiger partial charge in [-0.15, -0.1) is 0 Å². The van der Waals surface area contributed by atoms with Gasteiger partial charge >= 0.3 is 0 Å². The van der Waals surface area contributed by atoms with Gasteiger partial charge in [-0.05, 0) is 37.5 Å². The van der Waals surface area contributed by atoms with Gasteiger partial charge in [0.25, 0.3) is 0 Å². The monoisotopic (exact) mass is 339 g/mol. The first-order valence-corrected chi connectivity index (χ1v) is 8.41. The van der Waals surface area contributed by atoms with Crippen LogP contribution in [0, 0.1) is 5.41 Å². The molecule has 1 aliphatic rings. The van der Waals surface area contributed by atoms with Crippen LogP contribution >= 0.6 is 15.9 Å². The van der Waals surface area contributed by atoms with Gasteiger partial charge in [-0.2, -0.15) is 0 Å². The summed E-state index contributed by atoms with van der Waals surface area (Å²) >= 11 is 3.56. The lowest BCUT2D eigenvalue weighted by molar-refractivity contribution is -0.116. The van der Waals surface area contributed by atoms with E-state index in [-0.39, 0.29) is 5.41 Å². The van der Waals surface area contributed by atoms with Crippen molar-refractivity contribution in [2.45, 2.75) is 58.7 Å². The van der Waals surface area contributed by atoms with E-state index in [1.165, 1.54) is 5.56 Å². The Morgan fingerprint density at radius 1 is 1.40 bits per heavy atom. The highest BCUT2D eigenvalue weighted by Gasteiger charge is 2.49. The molecule has 20 heavy (non-hydrogen) atoms. The van der Waals surface area contributed by atoms with Gasteiger partial charge in [-0.1, -0.05) is 48.8 Å². The maximum atomic E-state index is 5.82. The Hall–Kier alpha value is -0.380. The minimum absolute atomic E-state index is 0.218. The summed E-state index contributed by atoms with van der Waals surface area (Å²) in [6.45, 7) is 9.74. The molecule has 2 rings (SSSR count). The Kier molecular flexibility index (Phi) is 5.27. The lowest BCUT2D eigenvalue weighted by atomic mass is 9.64. The van der Waals surface area contributed by atoms with E-state index in [0.717, 1.165) is 23.9 Å². The highest BCUT2D eigenvalue weighted by Crippen LogP contribution is 2.44. The number of benzene rings is 1. The highest BCUT2D eigenvalue weighted by molar-refractivity contribution is 9.10. The topological polar surface area (TPSA) is 21.3 Å². The van der Waals surface area contributed by atoms with Crippen LogP contribution in [-0.4, -0.2) is 18.8 Å². The van der Waals surface area contributed by atoms with Crippen LogP contribution in [0.3, 0.4) is 0 Å². The second kappa shape index (κ2) is 6.59. The van der Waals surface area contributed by atoms with Crippen LogP contribution < -0.4 is 5.32 Å². The second-order valence-corrected chi connectivity index (χ2v) is 7.15. The first-order chi connectivity index (χ1) is 9.48. The average Bonchev–Trinajstić information content (AvgIpc) is 2.42. The van der Waals surface area contributed by atoms with Crippen molar-refractivity contribution in [1.29, 1.82) is 0 Å². The smallest absolute Gasteiger partial charge is 0.0655 e. The molecule has 3 atom stereocenters. The summed E-state index contributed by atoms with van der Waals surface area (Å²) in [7, 11) is 0. The minimum Gasteiger partial charge on any atom is -0.378 e. The molecule has 3 heteroatoms. The molecule has 0 heterocycles. The summed E-state index contributed by atoms with van der Waals surface area (Å²) in [5.41, 5.74) is 1.58. The summed E-state index contributed by atoms with van der Waals surface area (Å²) < 4.78 is 6.96. The van der Waals surface area contributed by atoms with Crippen LogP contribution in [0.2, 0.25) is 0 Å². The van der Waals surface area contributed by atoms with Crippen molar-refractivity contribution in [2.75, 3.05) is 6.61 Å². The number of rotatable bonds is 6. The summed E-state index contributed by atoms with van der Waals surface area (Å²) in [5.74, 6) is 0. The molecular formula is C17H26BrNO. The summed E-state index contributed by atoms with van der Waals surface area (Å²) in [6, 6.07) is 9.56. The first kappa shape index (κ1) is 16.0. The lowest BCUT2D eigenvalue weighted by Gasteiger charge is -2.53. The van der Waals surface area contributed by atoms with E-state index < -0.39 is 0 Å². The Morgan fingerprint density at radius 3 is 2.70 bits per heavy atom. The Bertz CT molecular complexity index is 446. The van der Waals surface area contributed by atoms with Crippen molar-refractivity contribution in [3.8, 4) is 0 Å². The van der Waals surface area contributed by atoms with Crippen LogP contribution in [0.25, 0.3) is 0 Å². The number of hydrogen-bond donors (Lipinski definition) is 1. The molecule has 1 fully saturated rings. The molecule has 0 saturated heterocycles. The maximum absolute atomic E-state index is 5.82. The van der Waals surface area contributed by atoms with Gasteiger partial charge in [0.05, 0.1) is 6.10 Å². The number of nitrogens with one attached hydrogen (secondary N) is 1. The van der Waals surface area contributed by atoms with E-state index >= 15 is 0 Å². The summed E-state index contributed by atoms with van der Waals surface area (Å²) in [6.07, 6.45) is 2.61. The van der Waals surface area contributed by atoms with Crippen LogP contribution in [0.4, 0.5) is 0 Å². The van der Waals surface area contributed by atoms with Gasteiger partial charge in [-0.3, -0.25) is 0 Å². The predicted octanol–water partition coefficient (Wildman–Crippen LogP) is 4.69. The molecule has 1 N–H and O–H groups in total. The third-order valence-electron chi connectivity index (χ3n) is 4.61. The predicted molar refractivity (Wildman–Crippen MR) is 87.9 cm³/mol. The fourth-order valence-corrected chi connectivity index (χ4v) is 3.49. The molecule has 2 nitrogen and oxygen atoms in total. The summed E-state index contributed by atoms with van der Waals surface area (Å²) in [5, 5.41) is 3.82. The number of ether oxygens (including phenoxy) is 1. The fourth-order valence-electron chi connectivity index (χ4n) is 3.07. The molecule has 1 aromatic carbocycles. The molecule has 0 aromatic heterocycles. The molecule has 0 amide bonds. The zero-order valence-electron chi connectivity index (χ0n) is 12.9. The van der Waals surface area contributed by atoms with E-state index in [1.807, 2.05) is 0 Å². The van der Waals surface area contributed by atoms with Crippen molar-refractivity contribution in [3.63, 3.8) is 0 Å². The normalized spacial score (nSPS) is 26.1. The fraction of sp³-hybridized carbons (Fsp3) is 0.647. The zero-order valence-corrected chi connectivity index (χ0v) is 14.5. The molecule has 3 unspecified atom stereocenters. The minimum atomic E-state index is 0.218. The zero-order chi connectivity index (χ0) is 14.8. The molecule has 112 valence electrons. The van der Waals surface area contributed by atoms with Crippen LogP contribution in [0.1, 0.15) is 52.1 Å². The number of hydrogen-bond acceptors (Lipinski definition) is 2. The Labute approximate surface area is 131 Å². The number of halogens is 1. The van der Waals surface area contributed by atoms with Crippen LogP contribution in [-0.2, 0) is 4.74 Å². The van der Waals surface area contributed by atoms with Gasteiger partial charge in [0.2, 0.25) is 0 Å². The van der Waals surface area contributed by atoms with Gasteiger partial charge < -0.3 is 10.1 Å². The van der Waals surface area contributed by atoms with Crippen molar-refractivity contribution >= 4 is 15.9 Å². The lowest BCUT2D eigenvalue weighted by Crippen LogP contribution is -2.61. The molecule has 0 bridgehead atoms. The van der Waals surface area contributed by atoms with Crippen molar-refractivity contribution in [2.24, 2.45) is 5.41 Å². The molecule has 0 spiro atoms. The first-order valence-electron chi connectivity index (χ1n) is 7.62. The molecule has 0 radical (unpaired) electrons. The quantitative estimate of drug-likeness (QED) is 0.811. The van der Waals surface area contributed by atoms with E-state index in [0.29, 0.717) is 18.2 Å². The van der Waals surface area contributed by atoms with Crippen LogP contribution in [0.15, 0.2) is 28.7 Å². The van der Waals surface area contributed by atoms with E-state index in [9.17, 15) is 0 Å². The van der Waals surface area contributed by atoms with Gasteiger partial charge in [0.1, 0.15) is 0 Å². The largest absolute Gasteiger partial charge is 0.378 e. The van der Waals surface area contributed by atoms with Gasteiger partial charge in [-0.25, -0.2) is 0 Å². The SMILES string of the molecule is CCOC1CC(NC(CC)c2cccc(Br)c2)C1(C)C. The Morgan fingerprint density at radius 2 is 2.15 bits per heavy atom. The molecule has 1 saturated carbocycles. The van der Waals surface area contributed by atoms with Crippen LogP contribution in [0.5, 0.6) is 0 Å². The van der Waals surface area contributed by atoms with Crippen molar-refractivity contribution < 1.29 is 4.74 Å². The second-order valence-electron chi connectivity index (χ2n) is 6.24. The molecule has 1 aromatic rings. The molecule has 0 aliphatic heterocycles. The van der Waals surface area contributed by atoms with Crippen molar-refractivity contribution in [1.82, 2.24) is 5.32 Å². The Balaban J connectivity index is 2.02. The van der Waals surface area contributed by atoms with E-state index in [2.05, 4.69) is 73.2 Å². The third-order valence-corrected chi connectivity index (χ3v) is 5.10. The van der Waals surface area contributed by atoms with E-state index in [4.69, 9.17) is 4.74 Å². The standard InChI is InChI=1S/C17H26BrNO/c1-5-14(12-8-7-9-13(18)10-12)19-15-11-16(20-6-2)17(15,3)4/h7-10,14-16,19H,5-6,11H2,1-4H3. The van der Waals surface area contributed by atoms with Gasteiger partial charge in [0.15, 0.2) is 0 Å². The maximum Gasteiger partial charge on any atom is 0.0655 e. The summed E-state index contributed by atoms with van der Waals surface area (Å²) in [4.78, 5) is 0. The molecular weight excluding hydrogens is 314 g/mol. The van der Waals surface area contributed by atoms with Crippen molar-refractivity contribution in [3.05, 3.63) is 34.3 Å².